The Balaban J connectivity index is 1.28. The summed E-state index contributed by atoms with van der Waals surface area (Å²) in [5, 5.41) is 0. The molecule has 0 bridgehead atoms. The molecule has 2 heterocycles. The molecular formula is C23H29N3O3. The number of hydrogen-bond acceptors (Lipinski definition) is 5. The smallest absolute Gasteiger partial charge is 0.241 e. The Kier molecular flexibility index (Phi) is 6.02. The number of nitrogens with zero attached hydrogens (tertiary/aromatic N) is 1. The van der Waals surface area contributed by atoms with Gasteiger partial charge in [0.15, 0.2) is 0 Å². The number of rotatable bonds is 5. The summed E-state index contributed by atoms with van der Waals surface area (Å²) < 4.78 is 11.4. The van der Waals surface area contributed by atoms with Crippen molar-refractivity contribution in [1.29, 1.82) is 0 Å². The first kappa shape index (κ1) is 19.7. The molecule has 154 valence electrons. The van der Waals surface area contributed by atoms with Crippen molar-refractivity contribution in [3.63, 3.8) is 0 Å². The van der Waals surface area contributed by atoms with E-state index in [4.69, 9.17) is 9.47 Å². The van der Waals surface area contributed by atoms with Crippen molar-refractivity contribution in [2.45, 2.75) is 44.4 Å². The number of piperidine rings is 1. The third kappa shape index (κ3) is 4.54. The van der Waals surface area contributed by atoms with E-state index in [0.29, 0.717) is 0 Å². The van der Waals surface area contributed by atoms with E-state index in [-0.39, 0.29) is 24.1 Å². The average molecular weight is 396 g/mol. The zero-order valence-electron chi connectivity index (χ0n) is 17.1. The van der Waals surface area contributed by atoms with E-state index in [1.54, 1.807) is 7.11 Å². The van der Waals surface area contributed by atoms with Gasteiger partial charge in [-0.05, 0) is 42.7 Å². The van der Waals surface area contributed by atoms with Gasteiger partial charge in [0.2, 0.25) is 5.91 Å². The molecule has 2 aliphatic heterocycles. The Hall–Kier alpha value is -2.57. The molecule has 29 heavy (non-hydrogen) atoms. The summed E-state index contributed by atoms with van der Waals surface area (Å²) in [6.07, 6.45) is 2.64. The van der Waals surface area contributed by atoms with Crippen LogP contribution in [0.4, 0.5) is 0 Å². The second-order valence-electron chi connectivity index (χ2n) is 7.81. The lowest BCUT2D eigenvalue weighted by Gasteiger charge is -2.33. The van der Waals surface area contributed by atoms with Gasteiger partial charge in [-0.3, -0.25) is 4.79 Å². The predicted octanol–water partition coefficient (Wildman–Crippen LogP) is 2.98. The number of benzene rings is 2. The van der Waals surface area contributed by atoms with Crippen molar-refractivity contribution < 1.29 is 14.3 Å². The number of ether oxygens (including phenoxy) is 2. The minimum atomic E-state index is -0.198. The van der Waals surface area contributed by atoms with Crippen LogP contribution in [0.2, 0.25) is 0 Å². The van der Waals surface area contributed by atoms with Crippen LogP contribution in [0, 0.1) is 6.92 Å². The van der Waals surface area contributed by atoms with Crippen molar-refractivity contribution in [1.82, 2.24) is 15.8 Å². The number of methoxy groups -OCH3 is 1. The van der Waals surface area contributed by atoms with Gasteiger partial charge in [0, 0.05) is 32.0 Å². The van der Waals surface area contributed by atoms with Crippen LogP contribution >= 0.6 is 0 Å². The lowest BCUT2D eigenvalue weighted by Crippen LogP contribution is -2.49. The molecule has 2 unspecified atom stereocenters. The predicted molar refractivity (Wildman–Crippen MR) is 112 cm³/mol. The number of carbonyl (C=O) groups is 1. The van der Waals surface area contributed by atoms with Crippen molar-refractivity contribution in [3.05, 3.63) is 59.7 Å². The Morgan fingerprint density at radius 3 is 2.45 bits per heavy atom. The van der Waals surface area contributed by atoms with Crippen LogP contribution in [-0.2, 0) is 4.79 Å². The van der Waals surface area contributed by atoms with E-state index in [9.17, 15) is 4.79 Å². The Morgan fingerprint density at radius 1 is 1.03 bits per heavy atom. The molecule has 2 aromatic rings. The van der Waals surface area contributed by atoms with Crippen molar-refractivity contribution in [2.24, 2.45) is 0 Å². The molecule has 6 heteroatoms. The highest BCUT2D eigenvalue weighted by Crippen LogP contribution is 2.26. The zero-order chi connectivity index (χ0) is 20.2. The lowest BCUT2D eigenvalue weighted by molar-refractivity contribution is -0.135. The summed E-state index contributed by atoms with van der Waals surface area (Å²) in [6.45, 7) is 3.54. The second kappa shape index (κ2) is 8.84. The lowest BCUT2D eigenvalue weighted by atomic mass is 10.0. The Morgan fingerprint density at radius 2 is 1.76 bits per heavy atom. The van der Waals surface area contributed by atoms with Gasteiger partial charge < -0.3 is 14.4 Å². The van der Waals surface area contributed by atoms with Gasteiger partial charge >= 0.3 is 0 Å². The maximum absolute atomic E-state index is 13.0. The van der Waals surface area contributed by atoms with Gasteiger partial charge in [-0.2, -0.15) is 0 Å². The Bertz CT molecular complexity index is 832. The largest absolute Gasteiger partial charge is 0.497 e. The van der Waals surface area contributed by atoms with Crippen molar-refractivity contribution in [3.8, 4) is 11.5 Å². The minimum absolute atomic E-state index is 0.122. The Labute approximate surface area is 172 Å². The molecule has 2 N–H and O–H groups in total. The van der Waals surface area contributed by atoms with Crippen LogP contribution in [0.15, 0.2) is 48.5 Å². The molecular weight excluding hydrogens is 366 g/mol. The zero-order valence-corrected chi connectivity index (χ0v) is 17.1. The first-order valence-corrected chi connectivity index (χ1v) is 10.3. The van der Waals surface area contributed by atoms with E-state index in [2.05, 4.69) is 23.8 Å². The van der Waals surface area contributed by atoms with Crippen molar-refractivity contribution >= 4 is 5.91 Å². The second-order valence-corrected chi connectivity index (χ2v) is 7.81. The minimum Gasteiger partial charge on any atom is -0.497 e. The number of carbonyl (C=O) groups excluding carboxylic acids is 1. The van der Waals surface area contributed by atoms with Gasteiger partial charge in [-0.15, -0.1) is 0 Å². The summed E-state index contributed by atoms with van der Waals surface area (Å²) in [4.78, 5) is 14.9. The van der Waals surface area contributed by atoms with Gasteiger partial charge in [0.25, 0.3) is 0 Å². The molecule has 0 radical (unpaired) electrons. The maximum Gasteiger partial charge on any atom is 0.241 e. The summed E-state index contributed by atoms with van der Waals surface area (Å²) in [7, 11) is 1.66. The molecule has 1 amide bonds. The first-order valence-electron chi connectivity index (χ1n) is 10.3. The molecule has 2 saturated heterocycles. The topological polar surface area (TPSA) is 62.8 Å². The summed E-state index contributed by atoms with van der Waals surface area (Å²) >= 11 is 0. The average Bonchev–Trinajstić information content (AvgIpc) is 3.26. The number of hydrogen-bond donors (Lipinski definition) is 2. The molecule has 2 atom stereocenters. The number of hydrazine groups is 1. The van der Waals surface area contributed by atoms with Crippen LogP contribution in [0.25, 0.3) is 0 Å². The van der Waals surface area contributed by atoms with Gasteiger partial charge in [0.1, 0.15) is 23.6 Å². The highest BCUT2D eigenvalue weighted by molar-refractivity contribution is 5.82. The van der Waals surface area contributed by atoms with E-state index < -0.39 is 0 Å². The number of para-hydroxylation sites is 1. The highest BCUT2D eigenvalue weighted by atomic mass is 16.5. The maximum atomic E-state index is 13.0. The molecule has 0 aliphatic carbocycles. The molecule has 4 rings (SSSR count). The SMILES string of the molecule is COc1ccc(C2CC(C(=O)N3CCC(Oc4ccccc4C)CC3)NN2)cc1. The van der Waals surface area contributed by atoms with Crippen LogP contribution < -0.4 is 20.3 Å². The molecule has 2 fully saturated rings. The molecule has 6 nitrogen and oxygen atoms in total. The van der Waals surface area contributed by atoms with E-state index in [0.717, 1.165) is 55.0 Å². The van der Waals surface area contributed by atoms with Crippen molar-refractivity contribution in [2.75, 3.05) is 20.2 Å². The van der Waals surface area contributed by atoms with Crippen LogP contribution in [0.3, 0.4) is 0 Å². The normalized spacial score (nSPS) is 22.5. The van der Waals surface area contributed by atoms with Crippen LogP contribution in [-0.4, -0.2) is 43.2 Å². The number of nitrogens with one attached hydrogen (secondary N) is 2. The van der Waals surface area contributed by atoms with Gasteiger partial charge in [-0.25, -0.2) is 10.9 Å². The van der Waals surface area contributed by atoms with E-state index in [1.807, 2.05) is 47.4 Å². The molecule has 0 saturated carbocycles. The van der Waals surface area contributed by atoms with Crippen LogP contribution in [0.1, 0.15) is 36.4 Å². The van der Waals surface area contributed by atoms with E-state index in [1.165, 1.54) is 0 Å². The first-order chi connectivity index (χ1) is 14.1. The fraction of sp³-hybridized carbons (Fsp3) is 0.435. The molecule has 2 aliphatic rings. The van der Waals surface area contributed by atoms with Crippen LogP contribution in [0.5, 0.6) is 11.5 Å². The fourth-order valence-electron chi connectivity index (χ4n) is 4.06. The summed E-state index contributed by atoms with van der Waals surface area (Å²) in [5.41, 5.74) is 8.75. The highest BCUT2D eigenvalue weighted by Gasteiger charge is 2.34. The summed E-state index contributed by atoms with van der Waals surface area (Å²) in [6, 6.07) is 16.0. The van der Waals surface area contributed by atoms with E-state index >= 15 is 0 Å². The fourth-order valence-corrected chi connectivity index (χ4v) is 4.06. The third-order valence-corrected chi connectivity index (χ3v) is 5.86. The van der Waals surface area contributed by atoms with Gasteiger partial charge in [-0.1, -0.05) is 30.3 Å². The standard InChI is InChI=1S/C23H29N3O3/c1-16-5-3-4-6-22(16)29-19-11-13-26(14-12-19)23(27)21-15-20(24-25-21)17-7-9-18(28-2)10-8-17/h3-10,19-21,24-25H,11-15H2,1-2H3. The monoisotopic (exact) mass is 395 g/mol. The molecule has 0 aromatic heterocycles. The molecule has 2 aromatic carbocycles. The number of amides is 1. The van der Waals surface area contributed by atoms with Gasteiger partial charge in [0.05, 0.1) is 7.11 Å². The third-order valence-electron chi connectivity index (χ3n) is 5.86. The number of likely N-dealkylation sites (tertiary alicyclic amines) is 1. The summed E-state index contributed by atoms with van der Waals surface area (Å²) in [5.74, 6) is 1.95. The molecule has 0 spiro atoms. The number of aryl methyl sites for hydroxylation is 1. The quantitative estimate of drug-likeness (QED) is 0.815.